The van der Waals surface area contributed by atoms with Crippen molar-refractivity contribution in [2.75, 3.05) is 11.4 Å². The average Bonchev–Trinajstić information content (AvgIpc) is 2.58. The van der Waals surface area contributed by atoms with Crippen LogP contribution in [0.4, 0.5) is 5.69 Å². The molecule has 2 aromatic rings. The molecule has 0 spiro atoms. The second kappa shape index (κ2) is 8.96. The van der Waals surface area contributed by atoms with Gasteiger partial charge in [-0.1, -0.05) is 51.1 Å². The van der Waals surface area contributed by atoms with Crippen molar-refractivity contribution in [3.63, 3.8) is 0 Å². The molecule has 0 aliphatic heterocycles. The minimum absolute atomic E-state index is 0.0593. The lowest BCUT2D eigenvalue weighted by Crippen LogP contribution is -2.30. The van der Waals surface area contributed by atoms with Crippen LogP contribution in [0.25, 0.3) is 0 Å². The van der Waals surface area contributed by atoms with Crippen LogP contribution in [-0.2, 0) is 6.42 Å². The van der Waals surface area contributed by atoms with Gasteiger partial charge >= 0.3 is 0 Å². The Morgan fingerprint density at radius 2 is 1.62 bits per heavy atom. The monoisotopic (exact) mass is 283 g/mol. The van der Waals surface area contributed by atoms with E-state index in [9.17, 15) is 4.79 Å². The van der Waals surface area contributed by atoms with E-state index < -0.39 is 0 Å². The van der Waals surface area contributed by atoms with Crippen LogP contribution in [0.15, 0.2) is 54.6 Å². The number of amides is 1. The van der Waals surface area contributed by atoms with Gasteiger partial charge < -0.3 is 4.90 Å². The van der Waals surface area contributed by atoms with Gasteiger partial charge in [0.15, 0.2) is 0 Å². The summed E-state index contributed by atoms with van der Waals surface area (Å²) in [4.78, 5) is 14.4. The summed E-state index contributed by atoms with van der Waals surface area (Å²) in [7, 11) is 0. The fraction of sp³-hybridized carbons (Fsp3) is 0.316. The first kappa shape index (κ1) is 17.0. The van der Waals surface area contributed by atoms with Crippen molar-refractivity contribution in [3.05, 3.63) is 65.7 Å². The van der Waals surface area contributed by atoms with E-state index in [0.29, 0.717) is 6.54 Å². The van der Waals surface area contributed by atoms with Crippen LogP contribution in [-0.4, -0.2) is 12.5 Å². The van der Waals surface area contributed by atoms with Gasteiger partial charge in [-0.3, -0.25) is 4.79 Å². The molecule has 0 saturated heterocycles. The Balaban J connectivity index is 0.00000106. The van der Waals surface area contributed by atoms with Gasteiger partial charge in [0.05, 0.1) is 0 Å². The van der Waals surface area contributed by atoms with Crippen LogP contribution in [0, 0.1) is 0 Å². The number of carbonyl (C=O) groups excluding carboxylic acids is 1. The van der Waals surface area contributed by atoms with E-state index in [1.807, 2.05) is 69.3 Å². The summed E-state index contributed by atoms with van der Waals surface area (Å²) in [6.07, 6.45) is 0.943. The van der Waals surface area contributed by atoms with E-state index in [4.69, 9.17) is 0 Å². The molecule has 0 heterocycles. The van der Waals surface area contributed by atoms with Crippen molar-refractivity contribution < 1.29 is 4.79 Å². The van der Waals surface area contributed by atoms with Gasteiger partial charge in [-0.25, -0.2) is 0 Å². The van der Waals surface area contributed by atoms with Gasteiger partial charge in [-0.05, 0) is 43.2 Å². The molecular weight excluding hydrogens is 258 g/mol. The van der Waals surface area contributed by atoms with Crippen LogP contribution in [0.3, 0.4) is 0 Å². The summed E-state index contributed by atoms with van der Waals surface area (Å²) in [6.45, 7) is 8.76. The van der Waals surface area contributed by atoms with E-state index in [1.165, 1.54) is 5.56 Å². The fourth-order valence-corrected chi connectivity index (χ4v) is 2.13. The van der Waals surface area contributed by atoms with Crippen LogP contribution in [0.2, 0.25) is 0 Å². The molecule has 0 fully saturated rings. The van der Waals surface area contributed by atoms with E-state index >= 15 is 0 Å². The standard InChI is InChI=1S/C17H19NO.C2H6/c1-3-14-9-8-10-15(13-14)17(19)18(4-2)16-11-6-5-7-12-16;1-2/h5-13H,3-4H2,1-2H3;1-2H3. The van der Waals surface area contributed by atoms with Crippen molar-refractivity contribution in [1.82, 2.24) is 0 Å². The quantitative estimate of drug-likeness (QED) is 0.778. The summed E-state index contributed by atoms with van der Waals surface area (Å²) in [5.74, 6) is 0.0593. The Labute approximate surface area is 128 Å². The lowest BCUT2D eigenvalue weighted by molar-refractivity contribution is 0.0988. The highest BCUT2D eigenvalue weighted by Gasteiger charge is 2.15. The van der Waals surface area contributed by atoms with Gasteiger partial charge in [-0.15, -0.1) is 0 Å². The number of hydrogen-bond acceptors (Lipinski definition) is 1. The van der Waals surface area contributed by atoms with Crippen LogP contribution >= 0.6 is 0 Å². The van der Waals surface area contributed by atoms with Gasteiger partial charge in [0.2, 0.25) is 0 Å². The molecule has 2 rings (SSSR count). The lowest BCUT2D eigenvalue weighted by Gasteiger charge is -2.21. The minimum Gasteiger partial charge on any atom is -0.309 e. The Kier molecular flexibility index (Phi) is 7.24. The molecule has 21 heavy (non-hydrogen) atoms. The molecule has 0 aliphatic rings. The number of rotatable bonds is 4. The zero-order valence-corrected chi connectivity index (χ0v) is 13.5. The number of carbonyl (C=O) groups is 1. The molecular formula is C19H25NO. The Hall–Kier alpha value is -2.09. The second-order valence-electron chi connectivity index (χ2n) is 4.44. The van der Waals surface area contributed by atoms with E-state index in [2.05, 4.69) is 13.0 Å². The fourth-order valence-electron chi connectivity index (χ4n) is 2.13. The number of anilines is 1. The first-order chi connectivity index (χ1) is 10.3. The van der Waals surface area contributed by atoms with Gasteiger partial charge in [0, 0.05) is 17.8 Å². The molecule has 2 heteroatoms. The number of nitrogens with zero attached hydrogens (tertiary/aromatic N) is 1. The normalized spacial score (nSPS) is 9.52. The van der Waals surface area contributed by atoms with Crippen LogP contribution < -0.4 is 4.90 Å². The van der Waals surface area contributed by atoms with Crippen molar-refractivity contribution in [2.45, 2.75) is 34.1 Å². The smallest absolute Gasteiger partial charge is 0.258 e. The average molecular weight is 283 g/mol. The Bertz CT molecular complexity index is 549. The van der Waals surface area contributed by atoms with Crippen LogP contribution in [0.1, 0.15) is 43.6 Å². The molecule has 0 atom stereocenters. The highest BCUT2D eigenvalue weighted by atomic mass is 16.2. The summed E-state index contributed by atoms with van der Waals surface area (Å²) in [6, 6.07) is 17.7. The summed E-state index contributed by atoms with van der Waals surface area (Å²) in [5.41, 5.74) is 2.89. The molecule has 0 radical (unpaired) electrons. The number of para-hydroxylation sites is 1. The number of aryl methyl sites for hydroxylation is 1. The van der Waals surface area contributed by atoms with Crippen LogP contribution in [0.5, 0.6) is 0 Å². The van der Waals surface area contributed by atoms with Gasteiger partial charge in [0.1, 0.15) is 0 Å². The molecule has 112 valence electrons. The maximum atomic E-state index is 12.6. The highest BCUT2D eigenvalue weighted by molar-refractivity contribution is 6.06. The second-order valence-corrected chi connectivity index (χ2v) is 4.44. The van der Waals surface area contributed by atoms with Gasteiger partial charge in [-0.2, -0.15) is 0 Å². The van der Waals surface area contributed by atoms with Crippen molar-refractivity contribution in [1.29, 1.82) is 0 Å². The topological polar surface area (TPSA) is 20.3 Å². The lowest BCUT2D eigenvalue weighted by atomic mass is 10.1. The Morgan fingerprint density at radius 3 is 2.19 bits per heavy atom. The van der Waals surface area contributed by atoms with E-state index in [0.717, 1.165) is 17.7 Å². The predicted molar refractivity (Wildman–Crippen MR) is 91.0 cm³/mol. The maximum absolute atomic E-state index is 12.6. The Morgan fingerprint density at radius 1 is 0.952 bits per heavy atom. The summed E-state index contributed by atoms with van der Waals surface area (Å²) in [5, 5.41) is 0. The third-order valence-corrected chi connectivity index (χ3v) is 3.21. The largest absolute Gasteiger partial charge is 0.309 e. The first-order valence-corrected chi connectivity index (χ1v) is 7.72. The maximum Gasteiger partial charge on any atom is 0.258 e. The molecule has 0 N–H and O–H groups in total. The van der Waals surface area contributed by atoms with Crippen molar-refractivity contribution in [2.24, 2.45) is 0 Å². The SMILES string of the molecule is CC.CCc1cccc(C(=O)N(CC)c2ccccc2)c1. The van der Waals surface area contributed by atoms with E-state index in [-0.39, 0.29) is 5.91 Å². The zero-order chi connectivity index (χ0) is 15.7. The summed E-state index contributed by atoms with van der Waals surface area (Å²) >= 11 is 0. The number of benzene rings is 2. The molecule has 2 aromatic carbocycles. The highest BCUT2D eigenvalue weighted by Crippen LogP contribution is 2.17. The molecule has 0 aliphatic carbocycles. The third-order valence-electron chi connectivity index (χ3n) is 3.21. The first-order valence-electron chi connectivity index (χ1n) is 7.72. The van der Waals surface area contributed by atoms with Gasteiger partial charge in [0.25, 0.3) is 5.91 Å². The third kappa shape index (κ3) is 4.45. The minimum atomic E-state index is 0.0593. The molecule has 1 amide bonds. The molecule has 2 nitrogen and oxygen atoms in total. The molecule has 0 aromatic heterocycles. The number of hydrogen-bond donors (Lipinski definition) is 0. The van der Waals surface area contributed by atoms with Crippen molar-refractivity contribution in [3.8, 4) is 0 Å². The molecule has 0 saturated carbocycles. The van der Waals surface area contributed by atoms with Crippen molar-refractivity contribution >= 4 is 11.6 Å². The zero-order valence-electron chi connectivity index (χ0n) is 13.5. The summed E-state index contributed by atoms with van der Waals surface area (Å²) < 4.78 is 0. The molecule has 0 unspecified atom stereocenters. The predicted octanol–water partition coefficient (Wildman–Crippen LogP) is 4.94. The molecule has 0 bridgehead atoms. The van der Waals surface area contributed by atoms with E-state index in [1.54, 1.807) is 4.90 Å².